The van der Waals surface area contributed by atoms with Crippen LogP contribution in [0.1, 0.15) is 251 Å². The lowest BCUT2D eigenvalue weighted by Gasteiger charge is -2.24. The molecule has 0 amide bonds. The number of ether oxygens (including phenoxy) is 2. The third kappa shape index (κ3) is 61.7. The highest BCUT2D eigenvalue weighted by molar-refractivity contribution is 7.47. The number of likely N-dealkylation sites (N-methyl/N-ethyl adjacent to an activating group) is 1. The van der Waals surface area contributed by atoms with Crippen LogP contribution in [-0.2, 0) is 32.7 Å². The first kappa shape index (κ1) is 73.7. The van der Waals surface area contributed by atoms with Crippen molar-refractivity contribution in [2.45, 2.75) is 258 Å². The average Bonchev–Trinajstić information content (AvgIpc) is 3.39. The molecule has 0 heterocycles. The molecular weight excluding hydrogens is 978 g/mol. The van der Waals surface area contributed by atoms with Crippen molar-refractivity contribution in [1.82, 2.24) is 0 Å². The Morgan fingerprint density at radius 3 is 1.12 bits per heavy atom. The Balaban J connectivity index is 4.14. The Bertz CT molecular complexity index is 1670. The Kier molecular flexibility index (Phi) is 54.9. The lowest BCUT2D eigenvalue weighted by atomic mass is 10.0. The highest BCUT2D eigenvalue weighted by atomic mass is 31.2. The third-order valence-electron chi connectivity index (χ3n) is 13.0. The topological polar surface area (TPSA) is 108 Å². The first-order valence-corrected chi connectivity index (χ1v) is 32.6. The molecule has 0 aliphatic carbocycles. The molecule has 77 heavy (non-hydrogen) atoms. The van der Waals surface area contributed by atoms with E-state index in [-0.39, 0.29) is 32.0 Å². The van der Waals surface area contributed by atoms with Gasteiger partial charge in [-0.3, -0.25) is 18.6 Å². The first-order valence-electron chi connectivity index (χ1n) is 31.1. The van der Waals surface area contributed by atoms with Crippen molar-refractivity contribution in [1.29, 1.82) is 0 Å². The molecule has 10 heteroatoms. The summed E-state index contributed by atoms with van der Waals surface area (Å²) >= 11 is 0. The summed E-state index contributed by atoms with van der Waals surface area (Å²) in [5.74, 6) is -0.808. The normalized spacial score (nSPS) is 14.0. The number of allylic oxidation sites excluding steroid dienone is 18. The highest BCUT2D eigenvalue weighted by Crippen LogP contribution is 2.43. The fourth-order valence-electron chi connectivity index (χ4n) is 8.26. The molecule has 0 bridgehead atoms. The second-order valence-corrected chi connectivity index (χ2v) is 23.2. The Morgan fingerprint density at radius 1 is 0.416 bits per heavy atom. The molecule has 0 aromatic heterocycles. The number of unbranched alkanes of at least 4 members (excludes halogenated alkanes) is 24. The van der Waals surface area contributed by atoms with Gasteiger partial charge in [0, 0.05) is 12.8 Å². The Labute approximate surface area is 474 Å². The van der Waals surface area contributed by atoms with Crippen LogP contribution in [0.25, 0.3) is 0 Å². The van der Waals surface area contributed by atoms with Crippen LogP contribution in [0.5, 0.6) is 0 Å². The lowest BCUT2D eigenvalue weighted by Crippen LogP contribution is -2.37. The van der Waals surface area contributed by atoms with E-state index in [9.17, 15) is 19.0 Å². The van der Waals surface area contributed by atoms with Gasteiger partial charge in [0.1, 0.15) is 19.8 Å². The maximum atomic E-state index is 12.8. The molecule has 442 valence electrons. The number of esters is 2. The SMILES string of the molecule is CC/C=C\C/C=C\C/C=C\C/C=C\C/C=C\C/C=C\C/C=C\C/C=C\CCCCCCCCCCCCC(=O)OC(COC(=O)CCCCCCCCC/C=C\CCCCCCCCC)COP(=O)(O)OCC[N+](C)(C)C. The number of hydrogen-bond donors (Lipinski definition) is 1. The molecule has 9 nitrogen and oxygen atoms in total. The molecule has 0 radical (unpaired) electrons. The van der Waals surface area contributed by atoms with Gasteiger partial charge in [-0.1, -0.05) is 245 Å². The summed E-state index contributed by atoms with van der Waals surface area (Å²) in [6, 6.07) is 0. The minimum atomic E-state index is -4.39. The molecule has 1 N–H and O–H groups in total. The predicted molar refractivity (Wildman–Crippen MR) is 330 cm³/mol. The van der Waals surface area contributed by atoms with Gasteiger partial charge >= 0.3 is 19.8 Å². The minimum Gasteiger partial charge on any atom is -0.462 e. The van der Waals surface area contributed by atoms with E-state index in [1.165, 1.54) is 109 Å². The molecule has 0 aromatic rings. The van der Waals surface area contributed by atoms with Crippen LogP contribution >= 0.6 is 7.82 Å². The molecule has 0 aliphatic heterocycles. The summed E-state index contributed by atoms with van der Waals surface area (Å²) in [7, 11) is 1.46. The van der Waals surface area contributed by atoms with Crippen molar-refractivity contribution in [3.8, 4) is 0 Å². The van der Waals surface area contributed by atoms with Crippen LogP contribution in [0.4, 0.5) is 0 Å². The standard InChI is InChI=1S/C67H116NO8P/c1-6-8-10-12-14-16-18-20-22-24-26-27-28-29-30-31-32-33-34-35-36-37-38-39-40-41-42-44-46-48-50-52-54-56-58-60-67(70)76-65(64-75-77(71,72)74-62-61-68(3,4)5)63-73-66(69)59-57-55-53-51-49-47-45-43-25-23-21-19-17-15-13-11-9-7-2/h8,10,14,16,20,22-23,25-27,29-30,32-33,35-36,38-39,65H,6-7,9,11-13,15,17-19,21,24,28,31,34,37,40-64H2,1-5H3/p+1/b10-8-,16-14-,22-20-,25-23-,27-26-,30-29-,33-32-,36-35-,39-38-. The maximum Gasteiger partial charge on any atom is 0.472 e. The summed E-state index contributed by atoms with van der Waals surface area (Å²) in [5, 5.41) is 0. The Hall–Kier alpha value is -3.33. The van der Waals surface area contributed by atoms with E-state index in [1.807, 2.05) is 21.1 Å². The minimum absolute atomic E-state index is 0.0259. The fraction of sp³-hybridized carbons (Fsp3) is 0.701. The second-order valence-electron chi connectivity index (χ2n) is 21.7. The van der Waals surface area contributed by atoms with Crippen LogP contribution < -0.4 is 0 Å². The molecule has 0 aromatic carbocycles. The summed E-state index contributed by atoms with van der Waals surface area (Å²) < 4.78 is 34.6. The fourth-order valence-corrected chi connectivity index (χ4v) is 9.00. The maximum absolute atomic E-state index is 12.8. The van der Waals surface area contributed by atoms with Gasteiger partial charge < -0.3 is 18.9 Å². The zero-order valence-electron chi connectivity index (χ0n) is 50.2. The highest BCUT2D eigenvalue weighted by Gasteiger charge is 2.27. The molecular formula is C67H117NO8P+. The predicted octanol–water partition coefficient (Wildman–Crippen LogP) is 19.8. The van der Waals surface area contributed by atoms with Gasteiger partial charge in [0.25, 0.3) is 0 Å². The Morgan fingerprint density at radius 2 is 0.740 bits per heavy atom. The van der Waals surface area contributed by atoms with E-state index in [0.29, 0.717) is 17.4 Å². The van der Waals surface area contributed by atoms with E-state index >= 15 is 0 Å². The van der Waals surface area contributed by atoms with Gasteiger partial charge in [0.05, 0.1) is 27.7 Å². The van der Waals surface area contributed by atoms with Crippen molar-refractivity contribution in [2.75, 3.05) is 47.5 Å². The monoisotopic (exact) mass is 1090 g/mol. The van der Waals surface area contributed by atoms with Gasteiger partial charge in [-0.15, -0.1) is 0 Å². The number of carbonyl (C=O) groups is 2. The molecule has 0 spiro atoms. The van der Waals surface area contributed by atoms with Crippen molar-refractivity contribution in [2.24, 2.45) is 0 Å². The largest absolute Gasteiger partial charge is 0.472 e. The molecule has 2 unspecified atom stereocenters. The quantitative estimate of drug-likeness (QED) is 0.0211. The van der Waals surface area contributed by atoms with Crippen molar-refractivity contribution >= 4 is 19.8 Å². The number of rotatable bonds is 56. The molecule has 2 atom stereocenters. The second kappa shape index (κ2) is 57.4. The number of hydrogen-bond acceptors (Lipinski definition) is 7. The van der Waals surface area contributed by atoms with E-state index in [2.05, 4.69) is 123 Å². The van der Waals surface area contributed by atoms with Gasteiger partial charge in [0.15, 0.2) is 6.10 Å². The zero-order chi connectivity index (χ0) is 56.3. The zero-order valence-corrected chi connectivity index (χ0v) is 51.1. The van der Waals surface area contributed by atoms with Crippen LogP contribution in [0, 0.1) is 0 Å². The van der Waals surface area contributed by atoms with Crippen LogP contribution in [-0.4, -0.2) is 74.9 Å². The molecule has 0 rings (SSSR count). The molecule has 0 aliphatic rings. The number of phosphoric ester groups is 1. The average molecular weight is 1100 g/mol. The number of phosphoric acid groups is 1. The van der Waals surface area contributed by atoms with Gasteiger partial charge in [0.2, 0.25) is 0 Å². The van der Waals surface area contributed by atoms with Gasteiger partial charge in [-0.2, -0.15) is 0 Å². The number of quaternary nitrogens is 1. The third-order valence-corrected chi connectivity index (χ3v) is 14.0. The van der Waals surface area contributed by atoms with Crippen molar-refractivity contribution < 1.29 is 42.1 Å². The van der Waals surface area contributed by atoms with E-state index in [1.54, 1.807) is 0 Å². The van der Waals surface area contributed by atoms with Crippen molar-refractivity contribution in [3.05, 3.63) is 109 Å². The first-order chi connectivity index (χ1) is 37.5. The van der Waals surface area contributed by atoms with E-state index < -0.39 is 26.5 Å². The van der Waals surface area contributed by atoms with Crippen LogP contribution in [0.2, 0.25) is 0 Å². The van der Waals surface area contributed by atoms with Gasteiger partial charge in [-0.25, -0.2) is 4.57 Å². The summed E-state index contributed by atoms with van der Waals surface area (Å²) in [6.07, 6.45) is 80.2. The smallest absolute Gasteiger partial charge is 0.462 e. The van der Waals surface area contributed by atoms with Gasteiger partial charge in [-0.05, 0) is 103 Å². The van der Waals surface area contributed by atoms with E-state index in [0.717, 1.165) is 109 Å². The summed E-state index contributed by atoms with van der Waals surface area (Å²) in [5.41, 5.74) is 0. The van der Waals surface area contributed by atoms with Crippen molar-refractivity contribution in [3.63, 3.8) is 0 Å². The summed E-state index contributed by atoms with van der Waals surface area (Å²) in [4.78, 5) is 35.7. The summed E-state index contributed by atoms with van der Waals surface area (Å²) in [6.45, 7) is 4.31. The number of nitrogens with zero attached hydrogens (tertiary/aromatic N) is 1. The van der Waals surface area contributed by atoms with E-state index in [4.69, 9.17) is 18.5 Å². The molecule has 0 fully saturated rings. The molecule has 0 saturated carbocycles. The van der Waals surface area contributed by atoms with Crippen LogP contribution in [0.15, 0.2) is 109 Å². The number of carbonyl (C=O) groups excluding carboxylic acids is 2. The van der Waals surface area contributed by atoms with Crippen LogP contribution in [0.3, 0.4) is 0 Å². The lowest BCUT2D eigenvalue weighted by molar-refractivity contribution is -0.870. The molecule has 0 saturated heterocycles.